The molecule has 0 unspecified atom stereocenters. The van der Waals surface area contributed by atoms with Crippen molar-refractivity contribution in [2.45, 2.75) is 19.8 Å². The van der Waals surface area contributed by atoms with Gasteiger partial charge in [-0.2, -0.15) is 0 Å². The molecule has 30 heavy (non-hydrogen) atoms. The standard InChI is InChI=1S/C23H29N3O4/c1-4-29-19-11-13-21(14-12-19)30-20-9-7-18(8-10-20)24-22(27)17-6-5-15-26(16-17)23(28)25(2)3/h7-14,17H,4-6,15-16H2,1-3H3,(H,24,27)/t17-/m1/s1. The maximum Gasteiger partial charge on any atom is 0.319 e. The van der Waals surface area contributed by atoms with Gasteiger partial charge in [0.1, 0.15) is 17.2 Å². The lowest BCUT2D eigenvalue weighted by molar-refractivity contribution is -0.121. The summed E-state index contributed by atoms with van der Waals surface area (Å²) in [5.74, 6) is 1.92. The molecule has 2 aromatic rings. The number of urea groups is 1. The average Bonchev–Trinajstić information content (AvgIpc) is 2.76. The number of anilines is 1. The minimum absolute atomic E-state index is 0.0525. The van der Waals surface area contributed by atoms with Crippen LogP contribution in [0, 0.1) is 5.92 Å². The first-order valence-corrected chi connectivity index (χ1v) is 10.2. The molecule has 2 aromatic carbocycles. The summed E-state index contributed by atoms with van der Waals surface area (Å²) in [6.45, 7) is 3.71. The molecule has 1 saturated heterocycles. The molecule has 1 aliphatic rings. The molecule has 1 fully saturated rings. The number of carbonyl (C=O) groups excluding carboxylic acids is 2. The van der Waals surface area contributed by atoms with E-state index in [1.165, 1.54) is 0 Å². The summed E-state index contributed by atoms with van der Waals surface area (Å²) in [7, 11) is 3.45. The number of amides is 3. The second kappa shape index (κ2) is 10.0. The molecule has 0 saturated carbocycles. The van der Waals surface area contributed by atoms with Crippen molar-refractivity contribution in [3.63, 3.8) is 0 Å². The Morgan fingerprint density at radius 2 is 1.63 bits per heavy atom. The van der Waals surface area contributed by atoms with Crippen LogP contribution in [0.4, 0.5) is 10.5 Å². The van der Waals surface area contributed by atoms with E-state index in [1.807, 2.05) is 55.5 Å². The van der Waals surface area contributed by atoms with Gasteiger partial charge in [-0.05, 0) is 68.3 Å². The monoisotopic (exact) mass is 411 g/mol. The van der Waals surface area contributed by atoms with E-state index in [4.69, 9.17) is 9.47 Å². The Labute approximate surface area is 177 Å². The third-order valence-corrected chi connectivity index (χ3v) is 4.94. The Bertz CT molecular complexity index is 850. The summed E-state index contributed by atoms with van der Waals surface area (Å²) in [5, 5.41) is 2.95. The molecule has 1 heterocycles. The molecule has 0 spiro atoms. The molecule has 7 nitrogen and oxygen atoms in total. The third-order valence-electron chi connectivity index (χ3n) is 4.94. The highest BCUT2D eigenvalue weighted by Gasteiger charge is 2.29. The first-order valence-electron chi connectivity index (χ1n) is 10.2. The molecular formula is C23H29N3O4. The average molecular weight is 412 g/mol. The van der Waals surface area contributed by atoms with E-state index in [2.05, 4.69) is 5.32 Å². The topological polar surface area (TPSA) is 71.1 Å². The number of hydrogen-bond donors (Lipinski definition) is 1. The van der Waals surface area contributed by atoms with Crippen LogP contribution in [0.1, 0.15) is 19.8 Å². The van der Waals surface area contributed by atoms with Gasteiger partial charge in [0, 0.05) is 32.9 Å². The van der Waals surface area contributed by atoms with Crippen molar-refractivity contribution in [1.29, 1.82) is 0 Å². The van der Waals surface area contributed by atoms with Crippen molar-refractivity contribution in [3.05, 3.63) is 48.5 Å². The van der Waals surface area contributed by atoms with E-state index < -0.39 is 0 Å². The lowest BCUT2D eigenvalue weighted by Gasteiger charge is -2.33. The van der Waals surface area contributed by atoms with Crippen molar-refractivity contribution in [3.8, 4) is 17.2 Å². The van der Waals surface area contributed by atoms with Gasteiger partial charge in [-0.3, -0.25) is 4.79 Å². The number of carbonyl (C=O) groups is 2. The zero-order chi connectivity index (χ0) is 21.5. The number of nitrogens with zero attached hydrogens (tertiary/aromatic N) is 2. The minimum Gasteiger partial charge on any atom is -0.494 e. The minimum atomic E-state index is -0.206. The quantitative estimate of drug-likeness (QED) is 0.773. The zero-order valence-corrected chi connectivity index (χ0v) is 17.8. The predicted octanol–water partition coefficient (Wildman–Crippen LogP) is 4.21. The highest BCUT2D eigenvalue weighted by atomic mass is 16.5. The normalized spacial score (nSPS) is 16.0. The smallest absolute Gasteiger partial charge is 0.319 e. The van der Waals surface area contributed by atoms with Crippen molar-refractivity contribution in [1.82, 2.24) is 9.80 Å². The van der Waals surface area contributed by atoms with Gasteiger partial charge in [0.15, 0.2) is 0 Å². The molecule has 1 atom stereocenters. The molecule has 0 bridgehead atoms. The first-order chi connectivity index (χ1) is 14.5. The lowest BCUT2D eigenvalue weighted by Crippen LogP contribution is -2.47. The second-order valence-electron chi connectivity index (χ2n) is 7.48. The summed E-state index contributed by atoms with van der Waals surface area (Å²) >= 11 is 0. The molecule has 0 aliphatic carbocycles. The molecule has 0 radical (unpaired) electrons. The van der Waals surface area contributed by atoms with Crippen LogP contribution in [0.25, 0.3) is 0 Å². The fourth-order valence-corrected chi connectivity index (χ4v) is 3.41. The number of likely N-dealkylation sites (tertiary alicyclic amines) is 1. The van der Waals surface area contributed by atoms with Gasteiger partial charge in [-0.25, -0.2) is 4.79 Å². The van der Waals surface area contributed by atoms with Crippen molar-refractivity contribution >= 4 is 17.6 Å². The predicted molar refractivity (Wildman–Crippen MR) is 116 cm³/mol. The van der Waals surface area contributed by atoms with Crippen LogP contribution in [0.15, 0.2) is 48.5 Å². The molecule has 1 N–H and O–H groups in total. The van der Waals surface area contributed by atoms with E-state index in [0.717, 1.165) is 18.6 Å². The Morgan fingerprint density at radius 3 is 2.23 bits per heavy atom. The summed E-state index contributed by atoms with van der Waals surface area (Å²) in [6.07, 6.45) is 1.61. The lowest BCUT2D eigenvalue weighted by atomic mass is 9.97. The van der Waals surface area contributed by atoms with Crippen LogP contribution in [0.5, 0.6) is 17.2 Å². The van der Waals surface area contributed by atoms with Gasteiger partial charge < -0.3 is 24.6 Å². The SMILES string of the molecule is CCOc1ccc(Oc2ccc(NC(=O)[C@@H]3CCCN(C(=O)N(C)C)C3)cc2)cc1. The maximum atomic E-state index is 12.7. The molecule has 160 valence electrons. The van der Waals surface area contributed by atoms with E-state index in [9.17, 15) is 9.59 Å². The molecule has 0 aromatic heterocycles. The van der Waals surface area contributed by atoms with Crippen LogP contribution in [-0.4, -0.2) is 55.5 Å². The summed E-state index contributed by atoms with van der Waals surface area (Å²) < 4.78 is 11.3. The summed E-state index contributed by atoms with van der Waals surface area (Å²) in [6, 6.07) is 14.6. The van der Waals surface area contributed by atoms with Gasteiger partial charge in [-0.15, -0.1) is 0 Å². The Hall–Kier alpha value is -3.22. The molecule has 3 amide bonds. The number of benzene rings is 2. The highest BCUT2D eigenvalue weighted by Crippen LogP contribution is 2.26. The molecule has 1 aliphatic heterocycles. The largest absolute Gasteiger partial charge is 0.494 e. The summed E-state index contributed by atoms with van der Waals surface area (Å²) in [5.41, 5.74) is 0.704. The van der Waals surface area contributed by atoms with Crippen LogP contribution in [0.2, 0.25) is 0 Å². The molecule has 3 rings (SSSR count). The van der Waals surface area contributed by atoms with Crippen molar-refractivity contribution in [2.24, 2.45) is 5.92 Å². The van der Waals surface area contributed by atoms with E-state index in [1.54, 1.807) is 23.9 Å². The van der Waals surface area contributed by atoms with Gasteiger partial charge >= 0.3 is 6.03 Å². The Balaban J connectivity index is 1.54. The number of piperidine rings is 1. The van der Waals surface area contributed by atoms with Gasteiger partial charge in [0.25, 0.3) is 0 Å². The van der Waals surface area contributed by atoms with Crippen molar-refractivity contribution in [2.75, 3.05) is 39.1 Å². The van der Waals surface area contributed by atoms with Crippen LogP contribution >= 0.6 is 0 Å². The maximum absolute atomic E-state index is 12.7. The van der Waals surface area contributed by atoms with Crippen LogP contribution in [-0.2, 0) is 4.79 Å². The van der Waals surface area contributed by atoms with E-state index in [-0.39, 0.29) is 17.9 Å². The number of hydrogen-bond acceptors (Lipinski definition) is 4. The Morgan fingerprint density at radius 1 is 1.03 bits per heavy atom. The van der Waals surface area contributed by atoms with Crippen LogP contribution < -0.4 is 14.8 Å². The van der Waals surface area contributed by atoms with Gasteiger partial charge in [-0.1, -0.05) is 0 Å². The summed E-state index contributed by atoms with van der Waals surface area (Å²) in [4.78, 5) is 28.1. The molecular weight excluding hydrogens is 382 g/mol. The third kappa shape index (κ3) is 5.65. The fourth-order valence-electron chi connectivity index (χ4n) is 3.41. The first kappa shape index (κ1) is 21.5. The van der Waals surface area contributed by atoms with E-state index >= 15 is 0 Å². The highest BCUT2D eigenvalue weighted by molar-refractivity contribution is 5.93. The number of nitrogens with one attached hydrogen (secondary N) is 1. The molecule has 7 heteroatoms. The van der Waals surface area contributed by atoms with Crippen molar-refractivity contribution < 1.29 is 19.1 Å². The number of rotatable bonds is 6. The zero-order valence-electron chi connectivity index (χ0n) is 17.8. The van der Waals surface area contributed by atoms with E-state index in [0.29, 0.717) is 36.9 Å². The fraction of sp³-hybridized carbons (Fsp3) is 0.391. The number of ether oxygens (including phenoxy) is 2. The second-order valence-corrected chi connectivity index (χ2v) is 7.48. The van der Waals surface area contributed by atoms with Gasteiger partial charge in [0.05, 0.1) is 12.5 Å². The van der Waals surface area contributed by atoms with Crippen LogP contribution in [0.3, 0.4) is 0 Å². The Kier molecular flexibility index (Phi) is 7.17. The van der Waals surface area contributed by atoms with Gasteiger partial charge in [0.2, 0.25) is 5.91 Å².